The highest BCUT2D eigenvalue weighted by Crippen LogP contribution is 2.20. The van der Waals surface area contributed by atoms with Crippen molar-refractivity contribution in [2.75, 3.05) is 19.6 Å². The van der Waals surface area contributed by atoms with Crippen LogP contribution in [0.4, 0.5) is 0 Å². The maximum absolute atomic E-state index is 3.79. The first-order chi connectivity index (χ1) is 8.58. The fraction of sp³-hybridized carbons (Fsp3) is 1.00. The quantitative estimate of drug-likeness (QED) is 0.748. The zero-order chi connectivity index (χ0) is 13.5. The highest BCUT2D eigenvalue weighted by atomic mass is 15.2. The normalized spacial score (nSPS) is 27.7. The van der Waals surface area contributed by atoms with E-state index in [1.165, 1.54) is 45.3 Å². The van der Waals surface area contributed by atoms with Gasteiger partial charge in [-0.3, -0.25) is 4.90 Å². The maximum Gasteiger partial charge on any atom is 0.0223 e. The molecule has 0 radical (unpaired) electrons. The summed E-state index contributed by atoms with van der Waals surface area (Å²) in [4.78, 5) is 2.76. The molecule has 0 amide bonds. The average Bonchev–Trinajstić information content (AvgIpc) is 2.36. The molecule has 18 heavy (non-hydrogen) atoms. The summed E-state index contributed by atoms with van der Waals surface area (Å²) in [7, 11) is 0. The first-order valence-corrected chi connectivity index (χ1v) is 8.05. The molecule has 1 aliphatic rings. The molecule has 1 aliphatic heterocycles. The van der Waals surface area contributed by atoms with E-state index in [4.69, 9.17) is 0 Å². The number of rotatable bonds is 7. The SMILES string of the molecule is CCCCN1CC(C(C)CC)NCC1CC(C)C. The van der Waals surface area contributed by atoms with E-state index >= 15 is 0 Å². The van der Waals surface area contributed by atoms with E-state index in [1.807, 2.05) is 0 Å². The molecule has 0 aromatic heterocycles. The van der Waals surface area contributed by atoms with Crippen molar-refractivity contribution in [1.29, 1.82) is 0 Å². The summed E-state index contributed by atoms with van der Waals surface area (Å²) >= 11 is 0. The topological polar surface area (TPSA) is 15.3 Å². The molecule has 0 aliphatic carbocycles. The molecule has 1 fully saturated rings. The summed E-state index contributed by atoms with van der Waals surface area (Å²) in [5.74, 6) is 1.61. The van der Waals surface area contributed by atoms with Gasteiger partial charge in [0, 0.05) is 25.2 Å². The molecule has 3 atom stereocenters. The molecule has 0 aromatic carbocycles. The molecule has 3 unspecified atom stereocenters. The van der Waals surface area contributed by atoms with Gasteiger partial charge in [-0.15, -0.1) is 0 Å². The van der Waals surface area contributed by atoms with Crippen molar-refractivity contribution in [1.82, 2.24) is 10.2 Å². The van der Waals surface area contributed by atoms with E-state index in [0.29, 0.717) is 6.04 Å². The van der Waals surface area contributed by atoms with E-state index in [2.05, 4.69) is 44.8 Å². The van der Waals surface area contributed by atoms with Gasteiger partial charge < -0.3 is 5.32 Å². The molecule has 1 heterocycles. The molecule has 2 heteroatoms. The molecule has 2 nitrogen and oxygen atoms in total. The van der Waals surface area contributed by atoms with Crippen LogP contribution >= 0.6 is 0 Å². The van der Waals surface area contributed by atoms with Gasteiger partial charge in [0.25, 0.3) is 0 Å². The minimum Gasteiger partial charge on any atom is -0.311 e. The van der Waals surface area contributed by atoms with Crippen molar-refractivity contribution in [2.24, 2.45) is 11.8 Å². The summed E-state index contributed by atoms with van der Waals surface area (Å²) < 4.78 is 0. The Hall–Kier alpha value is -0.0800. The number of unbranched alkanes of at least 4 members (excludes halogenated alkanes) is 1. The van der Waals surface area contributed by atoms with Crippen LogP contribution in [0, 0.1) is 11.8 Å². The molecular weight excluding hydrogens is 220 g/mol. The molecule has 0 spiro atoms. The zero-order valence-electron chi connectivity index (χ0n) is 13.2. The molecule has 1 N–H and O–H groups in total. The van der Waals surface area contributed by atoms with Crippen LogP contribution in [0.15, 0.2) is 0 Å². The van der Waals surface area contributed by atoms with E-state index in [9.17, 15) is 0 Å². The van der Waals surface area contributed by atoms with Crippen LogP contribution < -0.4 is 5.32 Å². The number of nitrogens with one attached hydrogen (secondary N) is 1. The number of hydrogen-bond donors (Lipinski definition) is 1. The van der Waals surface area contributed by atoms with E-state index < -0.39 is 0 Å². The Balaban J connectivity index is 2.54. The van der Waals surface area contributed by atoms with Gasteiger partial charge in [0.1, 0.15) is 0 Å². The third-order valence-electron chi connectivity index (χ3n) is 4.44. The Morgan fingerprint density at radius 3 is 2.50 bits per heavy atom. The van der Waals surface area contributed by atoms with Gasteiger partial charge in [-0.05, 0) is 31.2 Å². The van der Waals surface area contributed by atoms with Crippen molar-refractivity contribution in [3.05, 3.63) is 0 Å². The van der Waals surface area contributed by atoms with Crippen molar-refractivity contribution in [3.8, 4) is 0 Å². The second-order valence-electron chi connectivity index (χ2n) is 6.53. The standard InChI is InChI=1S/C16H34N2/c1-6-8-9-18-12-16(14(5)7-2)17-11-15(18)10-13(3)4/h13-17H,6-12H2,1-5H3. The van der Waals surface area contributed by atoms with E-state index in [-0.39, 0.29) is 0 Å². The van der Waals surface area contributed by atoms with Gasteiger partial charge in [-0.25, -0.2) is 0 Å². The van der Waals surface area contributed by atoms with E-state index in [1.54, 1.807) is 0 Å². The van der Waals surface area contributed by atoms with Gasteiger partial charge >= 0.3 is 0 Å². The highest BCUT2D eigenvalue weighted by Gasteiger charge is 2.29. The smallest absolute Gasteiger partial charge is 0.0223 e. The van der Waals surface area contributed by atoms with Gasteiger partial charge in [0.15, 0.2) is 0 Å². The van der Waals surface area contributed by atoms with Crippen LogP contribution in [0.5, 0.6) is 0 Å². The first-order valence-electron chi connectivity index (χ1n) is 8.05. The Kier molecular flexibility index (Phi) is 7.25. The maximum atomic E-state index is 3.79. The van der Waals surface area contributed by atoms with Gasteiger partial charge in [0.2, 0.25) is 0 Å². The van der Waals surface area contributed by atoms with Gasteiger partial charge in [-0.2, -0.15) is 0 Å². The van der Waals surface area contributed by atoms with Crippen molar-refractivity contribution >= 4 is 0 Å². The molecule has 108 valence electrons. The van der Waals surface area contributed by atoms with Crippen LogP contribution in [0.1, 0.15) is 60.3 Å². The third-order valence-corrected chi connectivity index (χ3v) is 4.44. The minimum absolute atomic E-state index is 0.704. The summed E-state index contributed by atoms with van der Waals surface area (Å²) in [6, 6.07) is 1.46. The second kappa shape index (κ2) is 8.16. The predicted molar refractivity (Wildman–Crippen MR) is 81.0 cm³/mol. The lowest BCUT2D eigenvalue weighted by atomic mass is 9.92. The summed E-state index contributed by atoms with van der Waals surface area (Å²) in [6.07, 6.45) is 5.28. The fourth-order valence-corrected chi connectivity index (χ4v) is 2.96. The molecule has 0 aromatic rings. The van der Waals surface area contributed by atoms with Crippen LogP contribution in [-0.4, -0.2) is 36.6 Å². The first kappa shape index (κ1) is 16.0. The lowest BCUT2D eigenvalue weighted by Crippen LogP contribution is -2.58. The Morgan fingerprint density at radius 2 is 1.94 bits per heavy atom. The van der Waals surface area contributed by atoms with Gasteiger partial charge in [0.05, 0.1) is 0 Å². The van der Waals surface area contributed by atoms with E-state index in [0.717, 1.165) is 17.9 Å². The average molecular weight is 254 g/mol. The number of hydrogen-bond acceptors (Lipinski definition) is 2. The highest BCUT2D eigenvalue weighted by molar-refractivity contribution is 4.88. The second-order valence-corrected chi connectivity index (χ2v) is 6.53. The van der Waals surface area contributed by atoms with Crippen molar-refractivity contribution in [2.45, 2.75) is 72.4 Å². The Labute approximate surface area is 115 Å². The Morgan fingerprint density at radius 1 is 1.22 bits per heavy atom. The lowest BCUT2D eigenvalue weighted by molar-refractivity contribution is 0.0944. The molecule has 0 bridgehead atoms. The van der Waals surface area contributed by atoms with Crippen LogP contribution in [-0.2, 0) is 0 Å². The minimum atomic E-state index is 0.704. The van der Waals surface area contributed by atoms with Crippen molar-refractivity contribution in [3.63, 3.8) is 0 Å². The summed E-state index contributed by atoms with van der Waals surface area (Å²) in [6.45, 7) is 15.4. The van der Waals surface area contributed by atoms with Crippen LogP contribution in [0.25, 0.3) is 0 Å². The lowest BCUT2D eigenvalue weighted by Gasteiger charge is -2.43. The third kappa shape index (κ3) is 4.89. The summed E-state index contributed by atoms with van der Waals surface area (Å²) in [5.41, 5.74) is 0. The molecule has 0 saturated carbocycles. The monoisotopic (exact) mass is 254 g/mol. The Bertz CT molecular complexity index is 215. The zero-order valence-corrected chi connectivity index (χ0v) is 13.2. The molecule has 1 saturated heterocycles. The van der Waals surface area contributed by atoms with Crippen LogP contribution in [0.2, 0.25) is 0 Å². The van der Waals surface area contributed by atoms with Gasteiger partial charge in [-0.1, -0.05) is 47.5 Å². The molecular formula is C16H34N2. The largest absolute Gasteiger partial charge is 0.311 e. The predicted octanol–water partition coefficient (Wildman–Crippen LogP) is 3.52. The van der Waals surface area contributed by atoms with Crippen molar-refractivity contribution < 1.29 is 0 Å². The number of piperazine rings is 1. The summed E-state index contributed by atoms with van der Waals surface area (Å²) in [5, 5.41) is 3.79. The number of nitrogens with zero attached hydrogens (tertiary/aromatic N) is 1. The van der Waals surface area contributed by atoms with Crippen LogP contribution in [0.3, 0.4) is 0 Å². The fourth-order valence-electron chi connectivity index (χ4n) is 2.96. The molecule has 1 rings (SSSR count).